The van der Waals surface area contributed by atoms with Crippen molar-refractivity contribution in [2.24, 2.45) is 11.8 Å². The Morgan fingerprint density at radius 2 is 1.72 bits per heavy atom. The van der Waals surface area contributed by atoms with Crippen molar-refractivity contribution < 1.29 is 23.2 Å². The Hall–Kier alpha value is -2.88. The number of nitrogens with zero attached hydrogens (tertiary/aromatic N) is 3. The van der Waals surface area contributed by atoms with Gasteiger partial charge in [-0.15, -0.1) is 5.10 Å². The highest BCUT2D eigenvalue weighted by atomic mass is 127. The lowest BCUT2D eigenvalue weighted by Gasteiger charge is -2.17. The zero-order valence-corrected chi connectivity index (χ0v) is 22.7. The minimum atomic E-state index is -3.66. The molecule has 4 N–H and O–H groups in total. The summed E-state index contributed by atoms with van der Waals surface area (Å²) >= 11 is 2.11. The number of hydroxylamine groups is 1. The number of hydrogen-bond donors (Lipinski definition) is 4. The van der Waals surface area contributed by atoms with Gasteiger partial charge in [0.2, 0.25) is 15.9 Å². The fourth-order valence-corrected chi connectivity index (χ4v) is 4.71. The van der Waals surface area contributed by atoms with Crippen LogP contribution in [0.3, 0.4) is 0 Å². The Labute approximate surface area is 222 Å². The topological polar surface area (TPSA) is 155 Å². The standard InChI is InChI=1S/C23H27IN6O5S/c1-15(2)11-21(23(32)28-33)22(31)26-18-7-3-16(4-8-18)13-30-14-19(27-29-30)12-25-36(34,35)20-9-5-17(24)6-10-20/h3-10,14-15,21,25,33H,11-13H2,1-2H3,(H,26,31)(H,28,32). The second kappa shape index (κ2) is 12.4. The maximum absolute atomic E-state index is 12.5. The lowest BCUT2D eigenvalue weighted by Crippen LogP contribution is -2.37. The van der Waals surface area contributed by atoms with Crippen LogP contribution in [0.15, 0.2) is 59.6 Å². The molecule has 11 nitrogen and oxygen atoms in total. The van der Waals surface area contributed by atoms with Gasteiger partial charge in [0.25, 0.3) is 5.91 Å². The first-order chi connectivity index (χ1) is 17.1. The maximum atomic E-state index is 12.5. The third-order valence-electron chi connectivity index (χ3n) is 5.17. The first-order valence-electron chi connectivity index (χ1n) is 11.1. The van der Waals surface area contributed by atoms with Crippen LogP contribution in [-0.2, 0) is 32.7 Å². The van der Waals surface area contributed by atoms with Crippen LogP contribution in [0.2, 0.25) is 0 Å². The molecule has 0 aliphatic rings. The van der Waals surface area contributed by atoms with Gasteiger partial charge < -0.3 is 5.32 Å². The summed E-state index contributed by atoms with van der Waals surface area (Å²) in [5.74, 6) is -2.17. The highest BCUT2D eigenvalue weighted by Gasteiger charge is 2.27. The van der Waals surface area contributed by atoms with Crippen LogP contribution in [-0.4, -0.2) is 40.4 Å². The van der Waals surface area contributed by atoms with Gasteiger partial charge in [-0.2, -0.15) is 0 Å². The van der Waals surface area contributed by atoms with Crippen LogP contribution in [0.5, 0.6) is 0 Å². The van der Waals surface area contributed by atoms with E-state index in [0.717, 1.165) is 9.13 Å². The van der Waals surface area contributed by atoms with Crippen LogP contribution < -0.4 is 15.5 Å². The Morgan fingerprint density at radius 1 is 1.06 bits per heavy atom. The molecule has 1 aromatic heterocycles. The second-order valence-corrected chi connectivity index (χ2v) is 11.5. The second-order valence-electron chi connectivity index (χ2n) is 8.53. The number of rotatable bonds is 11. The van der Waals surface area contributed by atoms with E-state index in [-0.39, 0.29) is 17.4 Å². The SMILES string of the molecule is CC(C)CC(C(=O)NO)C(=O)Nc1ccc(Cn2cc(CNS(=O)(=O)c3ccc(I)cc3)nn2)cc1. The van der Waals surface area contributed by atoms with Crippen molar-refractivity contribution in [2.75, 3.05) is 5.32 Å². The van der Waals surface area contributed by atoms with Gasteiger partial charge in [-0.05, 0) is 76.9 Å². The summed E-state index contributed by atoms with van der Waals surface area (Å²) in [6.45, 7) is 4.15. The summed E-state index contributed by atoms with van der Waals surface area (Å²) < 4.78 is 29.9. The number of hydrogen-bond acceptors (Lipinski definition) is 7. The van der Waals surface area contributed by atoms with Gasteiger partial charge in [0.15, 0.2) is 0 Å². The van der Waals surface area contributed by atoms with Gasteiger partial charge in [-0.1, -0.05) is 31.2 Å². The lowest BCUT2D eigenvalue weighted by atomic mass is 9.95. The largest absolute Gasteiger partial charge is 0.325 e. The van der Waals surface area contributed by atoms with Gasteiger partial charge in [-0.3, -0.25) is 14.8 Å². The summed E-state index contributed by atoms with van der Waals surface area (Å²) in [4.78, 5) is 24.5. The predicted octanol–water partition coefficient (Wildman–Crippen LogP) is 2.52. The molecule has 0 aliphatic heterocycles. The molecule has 192 valence electrons. The van der Waals surface area contributed by atoms with E-state index in [0.29, 0.717) is 24.3 Å². The quantitative estimate of drug-likeness (QED) is 0.110. The highest BCUT2D eigenvalue weighted by molar-refractivity contribution is 14.1. The van der Waals surface area contributed by atoms with Crippen molar-refractivity contribution >= 4 is 50.1 Å². The number of carbonyl (C=O) groups is 2. The number of sulfonamides is 1. The Bertz CT molecular complexity index is 1290. The van der Waals surface area contributed by atoms with Crippen molar-refractivity contribution in [3.8, 4) is 0 Å². The summed E-state index contributed by atoms with van der Waals surface area (Å²) in [5, 5.41) is 19.7. The first-order valence-corrected chi connectivity index (χ1v) is 13.6. The molecule has 1 atom stereocenters. The Balaban J connectivity index is 1.56. The van der Waals surface area contributed by atoms with E-state index in [4.69, 9.17) is 5.21 Å². The molecule has 1 unspecified atom stereocenters. The molecular formula is C23H27IN6O5S. The number of benzene rings is 2. The van der Waals surface area contributed by atoms with E-state index in [9.17, 15) is 18.0 Å². The molecular weight excluding hydrogens is 599 g/mol. The summed E-state index contributed by atoms with van der Waals surface area (Å²) in [6.07, 6.45) is 1.95. The monoisotopic (exact) mass is 626 g/mol. The lowest BCUT2D eigenvalue weighted by molar-refractivity contribution is -0.139. The average molecular weight is 626 g/mol. The molecule has 3 aromatic rings. The predicted molar refractivity (Wildman–Crippen MR) is 140 cm³/mol. The average Bonchev–Trinajstić information content (AvgIpc) is 3.29. The first kappa shape index (κ1) is 27.7. The Morgan fingerprint density at radius 3 is 2.33 bits per heavy atom. The third kappa shape index (κ3) is 7.81. The third-order valence-corrected chi connectivity index (χ3v) is 7.31. The number of nitrogens with one attached hydrogen (secondary N) is 3. The number of halogens is 1. The van der Waals surface area contributed by atoms with E-state index >= 15 is 0 Å². The molecule has 0 radical (unpaired) electrons. The highest BCUT2D eigenvalue weighted by Crippen LogP contribution is 2.17. The Kier molecular flexibility index (Phi) is 9.53. The molecule has 3 rings (SSSR count). The number of aromatic nitrogens is 3. The van der Waals surface area contributed by atoms with Crippen molar-refractivity contribution in [3.63, 3.8) is 0 Å². The van der Waals surface area contributed by atoms with Gasteiger partial charge in [0, 0.05) is 9.26 Å². The molecule has 2 aromatic carbocycles. The van der Waals surface area contributed by atoms with Crippen LogP contribution in [0.4, 0.5) is 5.69 Å². The van der Waals surface area contributed by atoms with E-state index in [2.05, 4.69) is 42.9 Å². The van der Waals surface area contributed by atoms with Crippen LogP contribution in [0.25, 0.3) is 0 Å². The molecule has 1 heterocycles. The minimum absolute atomic E-state index is 0.00174. The maximum Gasteiger partial charge on any atom is 0.255 e. The zero-order valence-electron chi connectivity index (χ0n) is 19.7. The van der Waals surface area contributed by atoms with Crippen molar-refractivity contribution in [3.05, 3.63) is 69.6 Å². The number of anilines is 1. The van der Waals surface area contributed by atoms with Crippen LogP contribution in [0.1, 0.15) is 31.5 Å². The van der Waals surface area contributed by atoms with Crippen molar-refractivity contribution in [2.45, 2.75) is 38.3 Å². The molecule has 0 saturated heterocycles. The van der Waals surface area contributed by atoms with E-state index < -0.39 is 27.8 Å². The zero-order chi connectivity index (χ0) is 26.3. The minimum Gasteiger partial charge on any atom is -0.325 e. The number of carbonyl (C=O) groups excluding carboxylic acids is 2. The van der Waals surface area contributed by atoms with Crippen LogP contribution >= 0.6 is 22.6 Å². The normalized spacial score (nSPS) is 12.4. The number of amides is 2. The summed E-state index contributed by atoms with van der Waals surface area (Å²) in [5.41, 5.74) is 3.39. The van der Waals surface area contributed by atoms with Crippen molar-refractivity contribution in [1.82, 2.24) is 25.2 Å². The molecule has 13 heteroatoms. The molecule has 2 amide bonds. The molecule has 0 fully saturated rings. The molecule has 0 aliphatic carbocycles. The van der Waals surface area contributed by atoms with Gasteiger partial charge in [0.1, 0.15) is 5.92 Å². The fraction of sp³-hybridized carbons (Fsp3) is 0.304. The fourth-order valence-electron chi connectivity index (χ4n) is 3.36. The smallest absolute Gasteiger partial charge is 0.255 e. The van der Waals surface area contributed by atoms with Gasteiger partial charge in [0.05, 0.1) is 29.9 Å². The van der Waals surface area contributed by atoms with Gasteiger partial charge in [-0.25, -0.2) is 23.3 Å². The van der Waals surface area contributed by atoms with Crippen molar-refractivity contribution in [1.29, 1.82) is 0 Å². The molecule has 0 bridgehead atoms. The molecule has 0 saturated carbocycles. The summed E-state index contributed by atoms with van der Waals surface area (Å²) in [6, 6.07) is 13.5. The van der Waals surface area contributed by atoms with E-state index in [1.807, 2.05) is 13.8 Å². The summed E-state index contributed by atoms with van der Waals surface area (Å²) in [7, 11) is -3.66. The van der Waals surface area contributed by atoms with E-state index in [1.165, 1.54) is 0 Å². The van der Waals surface area contributed by atoms with Crippen LogP contribution in [0, 0.1) is 15.4 Å². The molecule has 0 spiro atoms. The van der Waals surface area contributed by atoms with E-state index in [1.54, 1.807) is 64.9 Å². The van der Waals surface area contributed by atoms with Gasteiger partial charge >= 0.3 is 0 Å². The molecule has 36 heavy (non-hydrogen) atoms.